The van der Waals surface area contributed by atoms with E-state index in [4.69, 9.17) is 10.6 Å². The van der Waals surface area contributed by atoms with Crippen LogP contribution in [0.15, 0.2) is 67.0 Å². The summed E-state index contributed by atoms with van der Waals surface area (Å²) in [5, 5.41) is 15.1. The number of hydrogen-bond acceptors (Lipinski definition) is 5. The number of rotatable bonds is 7. The average Bonchev–Trinajstić information content (AvgIpc) is 3.20. The summed E-state index contributed by atoms with van der Waals surface area (Å²) in [7, 11) is 0. The second-order valence-electron chi connectivity index (χ2n) is 9.63. The molecule has 2 aromatic carbocycles. The van der Waals surface area contributed by atoms with Gasteiger partial charge in [0.2, 0.25) is 0 Å². The average molecular weight is 495 g/mol. The fourth-order valence-electron chi connectivity index (χ4n) is 4.59. The molecule has 0 saturated heterocycles. The number of nitriles is 1. The number of nitrogens with zero attached hydrogens (tertiary/aromatic N) is 4. The Kier molecular flexibility index (Phi) is 6.80. The predicted molar refractivity (Wildman–Crippen MR) is 144 cm³/mol. The summed E-state index contributed by atoms with van der Waals surface area (Å²) in [6, 6.07) is 19.6. The van der Waals surface area contributed by atoms with Crippen molar-refractivity contribution < 1.29 is 9.53 Å². The van der Waals surface area contributed by atoms with Crippen molar-refractivity contribution in [1.82, 2.24) is 14.6 Å². The van der Waals surface area contributed by atoms with Crippen LogP contribution in [0.25, 0.3) is 22.2 Å². The minimum Gasteiger partial charge on any atom is -0.489 e. The van der Waals surface area contributed by atoms with Gasteiger partial charge < -0.3 is 14.6 Å². The van der Waals surface area contributed by atoms with E-state index in [1.807, 2.05) is 68.4 Å². The number of fused-ring (bicyclic) bond motifs is 1. The number of amides is 2. The Morgan fingerprint density at radius 1 is 1.24 bits per heavy atom. The van der Waals surface area contributed by atoms with E-state index < -0.39 is 0 Å². The summed E-state index contributed by atoms with van der Waals surface area (Å²) in [6.07, 6.45) is 6.84. The Labute approximate surface area is 216 Å². The molecular formula is C29H30N6O2. The molecule has 0 radical (unpaired) electrons. The van der Waals surface area contributed by atoms with E-state index in [0.717, 1.165) is 51.3 Å². The summed E-state index contributed by atoms with van der Waals surface area (Å²) in [5.74, 6) is 6.57. The Bertz CT molecular complexity index is 1450. The standard InChI is InChI=1S/C29H30N6O2/c1-19(2)35(31)29(36)33-22-10-8-21(9-11-22)28-26(16-30)25-13-12-24(37-18-20-5-4-14-32-17-20)15-27(25)34(28)23-6-3-7-23/h4-5,8-15,17,19,23H,3,6-7,18,31H2,1-2H3,(H,33,36). The van der Waals surface area contributed by atoms with Crippen LogP contribution in [0.5, 0.6) is 5.75 Å². The highest BCUT2D eigenvalue weighted by Crippen LogP contribution is 2.43. The summed E-state index contributed by atoms with van der Waals surface area (Å²) < 4.78 is 8.37. The van der Waals surface area contributed by atoms with Crippen LogP contribution in [0.4, 0.5) is 10.5 Å². The third-order valence-electron chi connectivity index (χ3n) is 6.86. The molecule has 0 aliphatic heterocycles. The molecule has 0 atom stereocenters. The van der Waals surface area contributed by atoms with Gasteiger partial charge in [-0.25, -0.2) is 10.6 Å². The second kappa shape index (κ2) is 10.3. The third kappa shape index (κ3) is 4.86. The van der Waals surface area contributed by atoms with E-state index in [1.165, 1.54) is 6.42 Å². The number of hydrazine groups is 1. The van der Waals surface area contributed by atoms with Crippen molar-refractivity contribution in [3.8, 4) is 23.1 Å². The van der Waals surface area contributed by atoms with Gasteiger partial charge in [-0.15, -0.1) is 0 Å². The zero-order chi connectivity index (χ0) is 25.9. The highest BCUT2D eigenvalue weighted by atomic mass is 16.5. The van der Waals surface area contributed by atoms with Gasteiger partial charge in [-0.2, -0.15) is 5.26 Å². The summed E-state index contributed by atoms with van der Waals surface area (Å²) >= 11 is 0. The predicted octanol–water partition coefficient (Wildman–Crippen LogP) is 5.99. The molecule has 1 aliphatic carbocycles. The number of nitrogens with one attached hydrogen (secondary N) is 1. The van der Waals surface area contributed by atoms with Crippen LogP contribution in [-0.4, -0.2) is 26.6 Å². The molecule has 1 aliphatic rings. The number of pyridine rings is 1. The van der Waals surface area contributed by atoms with Crippen molar-refractivity contribution in [2.45, 2.75) is 51.8 Å². The molecule has 5 rings (SSSR count). The van der Waals surface area contributed by atoms with E-state index in [2.05, 4.69) is 20.9 Å². The lowest BCUT2D eigenvalue weighted by Crippen LogP contribution is -2.45. The highest BCUT2D eigenvalue weighted by Gasteiger charge is 2.28. The first-order valence-electron chi connectivity index (χ1n) is 12.5. The molecule has 0 spiro atoms. The number of ether oxygens (including phenoxy) is 1. The van der Waals surface area contributed by atoms with Gasteiger partial charge in [-0.05, 0) is 69.0 Å². The van der Waals surface area contributed by atoms with Gasteiger partial charge in [-0.1, -0.05) is 18.2 Å². The van der Waals surface area contributed by atoms with Crippen LogP contribution in [0.3, 0.4) is 0 Å². The molecule has 188 valence electrons. The van der Waals surface area contributed by atoms with Crippen LogP contribution in [0.1, 0.15) is 50.3 Å². The van der Waals surface area contributed by atoms with Crippen LogP contribution in [0, 0.1) is 11.3 Å². The van der Waals surface area contributed by atoms with Crippen LogP contribution >= 0.6 is 0 Å². The van der Waals surface area contributed by atoms with Crippen LogP contribution < -0.4 is 15.9 Å². The number of carbonyl (C=O) groups is 1. The van der Waals surface area contributed by atoms with Gasteiger partial charge >= 0.3 is 6.03 Å². The third-order valence-corrected chi connectivity index (χ3v) is 6.86. The molecule has 0 unspecified atom stereocenters. The molecule has 2 heterocycles. The number of anilines is 1. The largest absolute Gasteiger partial charge is 0.489 e. The number of hydrogen-bond donors (Lipinski definition) is 2. The second-order valence-corrected chi connectivity index (χ2v) is 9.63. The van der Waals surface area contributed by atoms with Gasteiger partial charge in [-0.3, -0.25) is 9.99 Å². The highest BCUT2D eigenvalue weighted by molar-refractivity contribution is 5.96. The molecule has 0 bridgehead atoms. The normalized spacial score (nSPS) is 13.3. The van der Waals surface area contributed by atoms with Gasteiger partial charge in [0.05, 0.1) is 16.8 Å². The monoisotopic (exact) mass is 494 g/mol. The Hall–Kier alpha value is -4.35. The van der Waals surface area contributed by atoms with Crippen LogP contribution in [0.2, 0.25) is 0 Å². The van der Waals surface area contributed by atoms with Crippen molar-refractivity contribution in [2.24, 2.45) is 5.84 Å². The fourth-order valence-corrected chi connectivity index (χ4v) is 4.59. The zero-order valence-corrected chi connectivity index (χ0v) is 21.0. The molecule has 2 aromatic heterocycles. The minimum atomic E-state index is -0.372. The Morgan fingerprint density at radius 2 is 2.03 bits per heavy atom. The van der Waals surface area contributed by atoms with Crippen molar-refractivity contribution >= 4 is 22.6 Å². The maximum Gasteiger partial charge on any atom is 0.336 e. The molecule has 4 aromatic rings. The topological polar surface area (TPSA) is 109 Å². The van der Waals surface area contributed by atoms with E-state index in [1.54, 1.807) is 12.4 Å². The zero-order valence-electron chi connectivity index (χ0n) is 21.0. The van der Waals surface area contributed by atoms with Crippen molar-refractivity contribution in [1.29, 1.82) is 5.26 Å². The fraction of sp³-hybridized carbons (Fsp3) is 0.276. The molecule has 37 heavy (non-hydrogen) atoms. The number of carbonyl (C=O) groups excluding carboxylic acids is 1. The summed E-state index contributed by atoms with van der Waals surface area (Å²) in [6.45, 7) is 4.12. The number of aromatic nitrogens is 2. The lowest BCUT2D eigenvalue weighted by atomic mass is 9.92. The minimum absolute atomic E-state index is 0.117. The molecular weight excluding hydrogens is 464 g/mol. The first-order chi connectivity index (χ1) is 18.0. The molecule has 3 N–H and O–H groups in total. The van der Waals surface area contributed by atoms with Crippen molar-refractivity contribution in [2.75, 3.05) is 5.32 Å². The smallest absolute Gasteiger partial charge is 0.336 e. The van der Waals surface area contributed by atoms with Gasteiger partial charge in [0, 0.05) is 47.2 Å². The first-order valence-corrected chi connectivity index (χ1v) is 12.5. The van der Waals surface area contributed by atoms with Gasteiger partial charge in [0.1, 0.15) is 18.4 Å². The number of nitrogens with two attached hydrogens (primary N) is 1. The maximum atomic E-state index is 12.3. The Balaban J connectivity index is 1.50. The Morgan fingerprint density at radius 3 is 2.65 bits per heavy atom. The van der Waals surface area contributed by atoms with E-state index in [9.17, 15) is 10.1 Å². The maximum absolute atomic E-state index is 12.3. The first kappa shape index (κ1) is 24.3. The molecule has 1 fully saturated rings. The quantitative estimate of drug-likeness (QED) is 0.186. The van der Waals surface area contributed by atoms with Gasteiger partial charge in [0.15, 0.2) is 0 Å². The summed E-state index contributed by atoms with van der Waals surface area (Å²) in [4.78, 5) is 16.5. The lowest BCUT2D eigenvalue weighted by molar-refractivity contribution is 0.198. The van der Waals surface area contributed by atoms with Crippen molar-refractivity contribution in [3.05, 3.63) is 78.1 Å². The SMILES string of the molecule is CC(C)N(N)C(=O)Nc1ccc(-c2c(C#N)c3ccc(OCc4cccnc4)cc3n2C2CCC2)cc1. The van der Waals surface area contributed by atoms with Crippen LogP contribution in [-0.2, 0) is 6.61 Å². The molecule has 2 amide bonds. The number of urea groups is 1. The van der Waals surface area contributed by atoms with Crippen molar-refractivity contribution in [3.63, 3.8) is 0 Å². The van der Waals surface area contributed by atoms with Gasteiger partial charge in [0.25, 0.3) is 0 Å². The lowest BCUT2D eigenvalue weighted by Gasteiger charge is -2.30. The number of benzene rings is 2. The molecule has 8 heteroatoms. The van der Waals surface area contributed by atoms with E-state index >= 15 is 0 Å². The van der Waals surface area contributed by atoms with E-state index in [-0.39, 0.29) is 12.1 Å². The molecule has 8 nitrogen and oxygen atoms in total. The van der Waals surface area contributed by atoms with E-state index in [0.29, 0.717) is 23.9 Å². The molecule has 1 saturated carbocycles. The summed E-state index contributed by atoms with van der Waals surface area (Å²) in [5.41, 5.74) is 5.09.